The Labute approximate surface area is 110 Å². The molecule has 0 fully saturated rings. The second-order valence-electron chi connectivity index (χ2n) is 3.14. The van der Waals surface area contributed by atoms with E-state index < -0.39 is 5.97 Å². The van der Waals surface area contributed by atoms with Crippen molar-refractivity contribution in [2.75, 3.05) is 6.61 Å². The van der Waals surface area contributed by atoms with Crippen LogP contribution in [0, 0.1) is 0 Å². The summed E-state index contributed by atoms with van der Waals surface area (Å²) in [5.41, 5.74) is 1.21. The molecule has 0 aliphatic carbocycles. The molecule has 0 radical (unpaired) electrons. The summed E-state index contributed by atoms with van der Waals surface area (Å²) >= 11 is 0. The van der Waals surface area contributed by atoms with Gasteiger partial charge in [0.2, 0.25) is 0 Å². The van der Waals surface area contributed by atoms with Gasteiger partial charge in [0.15, 0.2) is 0 Å². The molecule has 0 aromatic heterocycles. The summed E-state index contributed by atoms with van der Waals surface area (Å²) in [6.45, 7) is -0.0962. The molecule has 3 nitrogen and oxygen atoms in total. The Morgan fingerprint density at radius 1 is 1.27 bits per heavy atom. The van der Waals surface area contributed by atoms with Crippen LogP contribution in [0.2, 0.25) is 0 Å². The van der Waals surface area contributed by atoms with E-state index in [-0.39, 0.29) is 47.5 Å². The zero-order valence-electron chi connectivity index (χ0n) is 8.53. The molecule has 0 saturated heterocycles. The second kappa shape index (κ2) is 5.35. The van der Waals surface area contributed by atoms with E-state index in [1.807, 2.05) is 30.3 Å². The number of cyclic esters (lactones) is 1. The van der Waals surface area contributed by atoms with Crippen molar-refractivity contribution < 1.29 is 44.2 Å². The van der Waals surface area contributed by atoms with Crippen molar-refractivity contribution in [1.82, 2.24) is 0 Å². The molecule has 1 aliphatic heterocycles. The predicted molar refractivity (Wildman–Crippen MR) is 48.1 cm³/mol. The fourth-order valence-electron chi connectivity index (χ4n) is 1.39. The summed E-state index contributed by atoms with van der Waals surface area (Å²) in [6, 6.07) is 9.40. The van der Waals surface area contributed by atoms with Crippen LogP contribution in [0.4, 0.5) is 0 Å². The van der Waals surface area contributed by atoms with Gasteiger partial charge in [-0.15, -0.1) is 0 Å². The smallest absolute Gasteiger partial charge is 0.873 e. The summed E-state index contributed by atoms with van der Waals surface area (Å²) < 4.78 is 4.62. The van der Waals surface area contributed by atoms with E-state index >= 15 is 0 Å². The predicted octanol–water partition coefficient (Wildman–Crippen LogP) is -2.60. The Morgan fingerprint density at radius 2 is 1.93 bits per heavy atom. The number of rotatable bonds is 2. The Balaban J connectivity index is 0.00000112. The van der Waals surface area contributed by atoms with Crippen LogP contribution in [0.1, 0.15) is 5.56 Å². The van der Waals surface area contributed by atoms with Crippen molar-refractivity contribution in [3.63, 3.8) is 0 Å². The molecule has 0 spiro atoms. The molecule has 1 aromatic carbocycles. The second-order valence-corrected chi connectivity index (χ2v) is 3.14. The molecule has 1 aliphatic rings. The molecule has 0 N–H and O–H groups in total. The molecule has 0 unspecified atom stereocenters. The van der Waals surface area contributed by atoms with E-state index in [0.717, 1.165) is 5.56 Å². The van der Waals surface area contributed by atoms with Crippen LogP contribution >= 0.6 is 0 Å². The zero-order valence-corrected chi connectivity index (χ0v) is 10.5. The van der Waals surface area contributed by atoms with Gasteiger partial charge in [-0.2, -0.15) is 0 Å². The van der Waals surface area contributed by atoms with Gasteiger partial charge in [0.25, 0.3) is 0 Å². The zero-order chi connectivity index (χ0) is 9.97. The van der Waals surface area contributed by atoms with Gasteiger partial charge in [0, 0.05) is 12.0 Å². The van der Waals surface area contributed by atoms with Crippen LogP contribution in [0.15, 0.2) is 41.7 Å². The van der Waals surface area contributed by atoms with Crippen LogP contribution in [0.25, 0.3) is 0 Å². The number of carbonyl (C=O) groups is 1. The summed E-state index contributed by atoms with van der Waals surface area (Å²) in [5.74, 6) is -0.669. The normalized spacial score (nSPS) is 14.8. The van der Waals surface area contributed by atoms with Crippen LogP contribution in [0.5, 0.6) is 0 Å². The Bertz CT molecular complexity index is 384. The summed E-state index contributed by atoms with van der Waals surface area (Å²) in [7, 11) is 0. The van der Waals surface area contributed by atoms with Crippen LogP contribution < -0.4 is 34.7 Å². The minimum absolute atomic E-state index is 0. The van der Waals surface area contributed by atoms with Gasteiger partial charge in [0.05, 0.1) is 0 Å². The van der Waals surface area contributed by atoms with Crippen LogP contribution in [0.3, 0.4) is 0 Å². The molecule has 15 heavy (non-hydrogen) atoms. The molecular weight excluding hydrogens is 203 g/mol. The maximum Gasteiger partial charge on any atom is 1.00 e. The Kier molecular flexibility index (Phi) is 4.39. The first-order chi connectivity index (χ1) is 6.77. The van der Waals surface area contributed by atoms with Crippen LogP contribution in [-0.4, -0.2) is 12.6 Å². The fraction of sp³-hybridized carbons (Fsp3) is 0.182. The third-order valence-electron chi connectivity index (χ3n) is 2.14. The number of hydrogen-bond acceptors (Lipinski definition) is 3. The molecule has 0 amide bonds. The largest absolute Gasteiger partial charge is 1.00 e. The summed E-state index contributed by atoms with van der Waals surface area (Å²) in [4.78, 5) is 11.1. The van der Waals surface area contributed by atoms with Crippen molar-refractivity contribution >= 4 is 5.97 Å². The first kappa shape index (κ1) is 12.3. The van der Waals surface area contributed by atoms with E-state index in [4.69, 9.17) is 0 Å². The maximum absolute atomic E-state index is 11.2. The summed E-state index contributed by atoms with van der Waals surface area (Å²) in [6.07, 6.45) is 0.374. The Hall–Kier alpha value is -0.770. The van der Waals surface area contributed by atoms with Gasteiger partial charge >= 0.3 is 35.5 Å². The topological polar surface area (TPSA) is 49.4 Å². The monoisotopic (exact) mass is 212 g/mol. The number of ether oxygens (including phenoxy) is 1. The quantitative estimate of drug-likeness (QED) is 0.399. The first-order valence-corrected chi connectivity index (χ1v) is 4.37. The van der Waals surface area contributed by atoms with Crippen LogP contribution in [-0.2, 0) is 16.0 Å². The third-order valence-corrected chi connectivity index (χ3v) is 2.14. The molecule has 4 heteroatoms. The van der Waals surface area contributed by atoms with E-state index in [9.17, 15) is 9.90 Å². The molecule has 0 saturated carbocycles. The van der Waals surface area contributed by atoms with Gasteiger partial charge in [-0.1, -0.05) is 36.1 Å². The number of hydrogen-bond donors (Lipinski definition) is 0. The molecule has 0 atom stereocenters. The minimum atomic E-state index is -0.473. The molecule has 0 bridgehead atoms. The van der Waals surface area contributed by atoms with Gasteiger partial charge < -0.3 is 9.84 Å². The van der Waals surface area contributed by atoms with Gasteiger partial charge in [0.1, 0.15) is 6.61 Å². The van der Waals surface area contributed by atoms with E-state index in [0.29, 0.717) is 6.42 Å². The Morgan fingerprint density at radius 3 is 2.47 bits per heavy atom. The van der Waals surface area contributed by atoms with E-state index in [1.165, 1.54) is 0 Å². The van der Waals surface area contributed by atoms with Crippen molar-refractivity contribution in [3.8, 4) is 0 Å². The van der Waals surface area contributed by atoms with Crippen molar-refractivity contribution in [1.29, 1.82) is 0 Å². The average Bonchev–Trinajstić information content (AvgIpc) is 2.51. The fourth-order valence-corrected chi connectivity index (χ4v) is 1.39. The third kappa shape index (κ3) is 2.84. The van der Waals surface area contributed by atoms with E-state index in [2.05, 4.69) is 4.74 Å². The standard InChI is InChI=1S/C11H10O3.Na/c12-10-7-14-11(13)9(10)6-8-4-2-1-3-5-8;/h1-5,12H,6-7H2;/q;+1/p-1. The van der Waals surface area contributed by atoms with Crippen molar-refractivity contribution in [2.24, 2.45) is 0 Å². The molecule has 72 valence electrons. The van der Waals surface area contributed by atoms with E-state index in [1.54, 1.807) is 0 Å². The van der Waals surface area contributed by atoms with Crippen molar-refractivity contribution in [3.05, 3.63) is 47.2 Å². The van der Waals surface area contributed by atoms with Gasteiger partial charge in [-0.3, -0.25) is 0 Å². The summed E-state index contributed by atoms with van der Waals surface area (Å²) in [5, 5.41) is 11.2. The number of carbonyl (C=O) groups excluding carboxylic acids is 1. The first-order valence-electron chi connectivity index (χ1n) is 4.37. The number of benzene rings is 1. The molecule has 1 aromatic rings. The molecular formula is C11H9NaO3. The van der Waals surface area contributed by atoms with Gasteiger partial charge in [-0.05, 0) is 5.56 Å². The average molecular weight is 212 g/mol. The SMILES string of the molecule is O=C1OCC([O-])=C1Cc1ccccc1.[Na+]. The van der Waals surface area contributed by atoms with Crippen molar-refractivity contribution in [2.45, 2.75) is 6.42 Å². The molecule has 1 heterocycles. The number of esters is 1. The molecule has 2 rings (SSSR count). The minimum Gasteiger partial charge on any atom is -0.873 e. The maximum atomic E-state index is 11.2. The van der Waals surface area contributed by atoms with Gasteiger partial charge in [-0.25, -0.2) is 4.79 Å².